The summed E-state index contributed by atoms with van der Waals surface area (Å²) >= 11 is 1.36. The Morgan fingerprint density at radius 3 is 1.21 bits per heavy atom. The van der Waals surface area contributed by atoms with Gasteiger partial charge in [0.15, 0.2) is 27.9 Å². The van der Waals surface area contributed by atoms with Crippen molar-refractivity contribution in [2.45, 2.75) is 55.1 Å². The molecule has 0 spiro atoms. The summed E-state index contributed by atoms with van der Waals surface area (Å²) in [6, 6.07) is 49.2. The number of nitrogens with one attached hydrogen (secondary N) is 2. The summed E-state index contributed by atoms with van der Waals surface area (Å²) in [5, 5.41) is 27.5. The quantitative estimate of drug-likeness (QED) is 0.0251. The summed E-state index contributed by atoms with van der Waals surface area (Å²) in [4.78, 5) is 84.9. The third-order valence-corrected chi connectivity index (χ3v) is 20.8. The van der Waals surface area contributed by atoms with Gasteiger partial charge in [0.1, 0.15) is 39.2 Å². The molecule has 0 saturated carbocycles. The summed E-state index contributed by atoms with van der Waals surface area (Å²) in [6.45, 7) is 7.30. The number of hydrogen-bond donors (Lipinski definition) is 3. The van der Waals surface area contributed by atoms with Crippen molar-refractivity contribution >= 4 is 138 Å². The Hall–Kier alpha value is -12.4. The molecule has 4 saturated heterocycles. The first-order valence-electron chi connectivity index (χ1n) is 37.0. The highest BCUT2D eigenvalue weighted by Crippen LogP contribution is 2.34. The van der Waals surface area contributed by atoms with E-state index in [1.807, 2.05) is 60.9 Å². The Morgan fingerprint density at radius 1 is 0.465 bits per heavy atom. The fraction of sp³-hybridized carbons (Fsp3) is 0.305. The monoisotopic (exact) mass is 1570 g/mol. The van der Waals surface area contributed by atoms with Gasteiger partial charge in [0, 0.05) is 129 Å². The number of thioether (sulfide) groups is 1. The maximum Gasteiger partial charge on any atom is 0.298 e. The molecule has 5 aromatic heterocycles. The van der Waals surface area contributed by atoms with Gasteiger partial charge in [-0.2, -0.15) is 19.9 Å². The van der Waals surface area contributed by atoms with Crippen molar-refractivity contribution in [1.29, 1.82) is 0 Å². The Bertz CT molecular complexity index is 5580. The number of fused-ring (bicyclic) bond motifs is 5. The SMILES string of the molecule is CN(C)[C@@H]1CCN(c2nc3cc(N)ccc3o2)C1.CN(C)[C@@H]1CCN(c2nc3cc(NC(=O)/C=C/c4ccc(F)cc4)ccc3o2)C1.CN(C)[C@@H]1CCN(c2nc3cc(NC(=O)c4ccc(-c5ccc(F)cc5)cc4)ccc3o2)C1.CN(C)[C@@H]1CCN(c2nc3cc([N+](=O)[O-])ccc3o2)C1.CSc1nc2cc([N+](=O)[O-])ccc2o1. The van der Waals surface area contributed by atoms with Crippen LogP contribution in [-0.2, 0) is 4.79 Å². The van der Waals surface area contributed by atoms with Crippen LogP contribution in [0.2, 0.25) is 0 Å². The number of benzene rings is 8. The van der Waals surface area contributed by atoms with E-state index in [0.29, 0.717) is 115 Å². The Balaban J connectivity index is 0.000000128. The molecule has 8 aromatic carbocycles. The van der Waals surface area contributed by atoms with E-state index in [4.69, 9.17) is 27.8 Å². The number of rotatable bonds is 17. The van der Waals surface area contributed by atoms with E-state index >= 15 is 0 Å². The summed E-state index contributed by atoms with van der Waals surface area (Å²) in [6.07, 6.45) is 9.24. The zero-order chi connectivity index (χ0) is 80.4. The lowest BCUT2D eigenvalue weighted by Gasteiger charge is -2.19. The summed E-state index contributed by atoms with van der Waals surface area (Å²) in [7, 11) is 16.7. The number of hydrogen-bond acceptors (Lipinski definition) is 26. The predicted molar refractivity (Wildman–Crippen MR) is 441 cm³/mol. The number of non-ortho nitro benzene ring substituents is 2. The topological polar surface area (TPSA) is 327 Å². The highest BCUT2D eigenvalue weighted by atomic mass is 32.2. The van der Waals surface area contributed by atoms with Crippen molar-refractivity contribution in [2.24, 2.45) is 0 Å². The van der Waals surface area contributed by atoms with E-state index in [1.165, 1.54) is 66.4 Å². The highest BCUT2D eigenvalue weighted by molar-refractivity contribution is 7.98. The lowest BCUT2D eigenvalue weighted by atomic mass is 10.0. The van der Waals surface area contributed by atoms with Gasteiger partial charge in [0.05, 0.1) is 9.85 Å². The maximum absolute atomic E-state index is 13.1. The third-order valence-electron chi connectivity index (χ3n) is 20.3. The number of nitro benzene ring substituents is 2. The third kappa shape index (κ3) is 19.7. The molecule has 4 fully saturated rings. The fourth-order valence-electron chi connectivity index (χ4n) is 13.5. The number of amides is 2. The van der Waals surface area contributed by atoms with Crippen LogP contribution in [0.15, 0.2) is 197 Å². The second kappa shape index (κ2) is 35.6. The van der Waals surface area contributed by atoms with Gasteiger partial charge in [-0.1, -0.05) is 48.2 Å². The molecule has 4 atom stereocenters. The van der Waals surface area contributed by atoms with E-state index in [2.05, 4.69) is 131 Å². The predicted octanol–water partition coefficient (Wildman–Crippen LogP) is 14.7. The van der Waals surface area contributed by atoms with Crippen molar-refractivity contribution in [3.8, 4) is 11.1 Å². The first-order valence-corrected chi connectivity index (χ1v) is 38.2. The molecule has 0 unspecified atom stereocenters. The fourth-order valence-corrected chi connectivity index (χ4v) is 13.9. The average Bonchev–Trinajstić information content (AvgIpc) is 1.68. The van der Waals surface area contributed by atoms with Gasteiger partial charge in [-0.3, -0.25) is 29.8 Å². The molecular formula is C82H88F2N18O11S. The van der Waals surface area contributed by atoms with Gasteiger partial charge in [-0.05, 0) is 214 Å². The first-order chi connectivity index (χ1) is 54.8. The number of nitrogens with two attached hydrogens (primary N) is 1. The van der Waals surface area contributed by atoms with Crippen LogP contribution in [0, 0.1) is 31.9 Å². The van der Waals surface area contributed by atoms with E-state index in [1.54, 1.807) is 66.7 Å². The standard InChI is InChI=1S/C26H25FN4O2.C22H23FN4O2.C13H16N4O3.C13H18N4O.C8H6N2O3S/c1-30(2)22-13-14-31(16-22)26-29-23-15-21(11-12-24(23)33-26)28-25(32)19-5-3-17(4-6-19)18-7-9-20(27)10-8-18;1-26(2)18-11-12-27(14-18)22-25-19-13-17(8-9-20(19)29-22)24-21(28)10-5-15-3-6-16(23)7-4-15;1-15(2)10-5-6-16(8-10)13-14-11-7-9(17(18)19)3-4-12(11)20-13;1-16(2)10-5-6-17(8-10)13-15-11-7-9(14)3-4-12(11)18-13;1-14-8-9-6-4-5(10(11)12)2-3-7(6)13-8/h3-12,15,22H,13-14,16H2,1-2H3,(H,28,32);3-10,13,18H,11-12,14H2,1-2H3,(H,24,28);3-4,7,10H,5-6,8H2,1-2H3;3-4,7,10H,5-6,8,14H2,1-2H3;2-4H,1H3/b;10-5+;;;/t22-;18-;2*10-;/m1111./s1. The van der Waals surface area contributed by atoms with E-state index in [9.17, 15) is 38.6 Å². The number of aromatic nitrogens is 5. The molecule has 0 aliphatic carbocycles. The average molecular weight is 1570 g/mol. The molecule has 9 heterocycles. The molecule has 0 bridgehead atoms. The van der Waals surface area contributed by atoms with Crippen molar-refractivity contribution in [2.75, 3.05) is 151 Å². The zero-order valence-electron chi connectivity index (χ0n) is 64.5. The second-order valence-electron chi connectivity index (χ2n) is 28.9. The molecule has 29 nitrogen and oxygen atoms in total. The number of nitrogen functional groups attached to an aromatic ring is 1. The van der Waals surface area contributed by atoms with Crippen LogP contribution in [-0.4, -0.2) is 205 Å². The number of carbonyl (C=O) groups is 2. The zero-order valence-corrected chi connectivity index (χ0v) is 65.3. The van der Waals surface area contributed by atoms with Crippen LogP contribution in [0.25, 0.3) is 72.7 Å². The van der Waals surface area contributed by atoms with Crippen molar-refractivity contribution in [3.05, 3.63) is 213 Å². The molecule has 17 rings (SSSR count). The number of likely N-dealkylation sites (N-methyl/N-ethyl adjacent to an activating group) is 4. The van der Waals surface area contributed by atoms with E-state index in [0.717, 1.165) is 112 Å². The Morgan fingerprint density at radius 2 is 0.816 bits per heavy atom. The van der Waals surface area contributed by atoms with E-state index < -0.39 is 9.85 Å². The lowest BCUT2D eigenvalue weighted by Crippen LogP contribution is -2.31. The van der Waals surface area contributed by atoms with Crippen molar-refractivity contribution in [3.63, 3.8) is 0 Å². The molecule has 4 aliphatic rings. The largest absolute Gasteiger partial charge is 0.431 e. The van der Waals surface area contributed by atoms with Crippen LogP contribution in [0.4, 0.5) is 61.3 Å². The minimum atomic E-state index is -0.452. The molecule has 32 heteroatoms. The van der Waals surface area contributed by atoms with Crippen molar-refractivity contribution in [1.82, 2.24) is 44.5 Å². The highest BCUT2D eigenvalue weighted by Gasteiger charge is 2.32. The van der Waals surface area contributed by atoms with Gasteiger partial charge in [0.2, 0.25) is 5.91 Å². The summed E-state index contributed by atoms with van der Waals surface area (Å²) in [5.74, 6) is -1.06. The molecule has 0 radical (unpaired) electrons. The number of oxazole rings is 5. The van der Waals surface area contributed by atoms with Gasteiger partial charge < -0.3 is 77.7 Å². The molecule has 114 heavy (non-hydrogen) atoms. The van der Waals surface area contributed by atoms with Crippen LogP contribution >= 0.6 is 11.8 Å². The molecule has 13 aromatic rings. The van der Waals surface area contributed by atoms with Gasteiger partial charge >= 0.3 is 0 Å². The van der Waals surface area contributed by atoms with Gasteiger partial charge in [0.25, 0.3) is 46.6 Å². The number of nitrogens with zero attached hydrogens (tertiary/aromatic N) is 15. The van der Waals surface area contributed by atoms with Gasteiger partial charge in [-0.15, -0.1) is 0 Å². The summed E-state index contributed by atoms with van der Waals surface area (Å²) < 4.78 is 54.7. The minimum absolute atomic E-state index is 0.0263. The Labute approximate surface area is 659 Å². The molecule has 2 amide bonds. The molecule has 4 N–H and O–H groups in total. The number of anilines is 7. The number of halogens is 2. The Kier molecular flexibility index (Phi) is 24.9. The van der Waals surface area contributed by atoms with E-state index in [-0.39, 0.29) is 34.8 Å². The number of carbonyl (C=O) groups excluding carboxylic acids is 2. The first kappa shape index (κ1) is 79.7. The number of nitro groups is 2. The molecule has 4 aliphatic heterocycles. The van der Waals surface area contributed by atoms with Crippen LogP contribution in [0.1, 0.15) is 41.6 Å². The van der Waals surface area contributed by atoms with Crippen LogP contribution in [0.5, 0.6) is 0 Å². The smallest absolute Gasteiger partial charge is 0.298 e. The van der Waals surface area contributed by atoms with Crippen molar-refractivity contribution < 1.29 is 50.3 Å². The lowest BCUT2D eigenvalue weighted by molar-refractivity contribution is -0.384. The van der Waals surface area contributed by atoms with Crippen LogP contribution in [0.3, 0.4) is 0 Å². The minimum Gasteiger partial charge on any atom is -0.431 e. The summed E-state index contributed by atoms with van der Waals surface area (Å²) in [5.41, 5.74) is 17.5. The normalized spacial score (nSPS) is 16.8. The van der Waals surface area contributed by atoms with Crippen LogP contribution < -0.4 is 36.0 Å². The second-order valence-corrected chi connectivity index (χ2v) is 29.7. The molecule has 592 valence electrons. The van der Waals surface area contributed by atoms with Gasteiger partial charge in [-0.25, -0.2) is 13.8 Å². The molecular weight excluding hydrogens is 1480 g/mol. The maximum atomic E-state index is 13.1.